The number of hydrogen-bond donors (Lipinski definition) is 1. The van der Waals surface area contributed by atoms with Crippen molar-refractivity contribution in [3.05, 3.63) is 12.2 Å². The molecule has 0 aromatic heterocycles. The molecular formula is C12H17NO3. The van der Waals surface area contributed by atoms with Gasteiger partial charge in [0.25, 0.3) is 0 Å². The Bertz CT molecular complexity index is 327. The third kappa shape index (κ3) is 1.96. The Hall–Kier alpha value is -1.32. The molecule has 2 fully saturated rings. The predicted molar refractivity (Wildman–Crippen MR) is 58.8 cm³/mol. The number of carboxylic acids is 1. The fraction of sp³-hybridized carbons (Fsp3) is 0.667. The number of piperidine rings is 1. The molecule has 1 saturated carbocycles. The van der Waals surface area contributed by atoms with Gasteiger partial charge in [-0.25, -0.2) is 0 Å². The number of nitrogens with zero attached hydrogens (tertiary/aromatic N) is 1. The maximum Gasteiger partial charge on any atom is 0.307 e. The first-order chi connectivity index (χ1) is 7.59. The van der Waals surface area contributed by atoms with Gasteiger partial charge in [0.05, 0.1) is 11.8 Å². The molecule has 4 nitrogen and oxygen atoms in total. The highest BCUT2D eigenvalue weighted by Crippen LogP contribution is 2.36. The second kappa shape index (κ2) is 4.28. The maximum absolute atomic E-state index is 12.0. The highest BCUT2D eigenvalue weighted by molar-refractivity contribution is 5.86. The first kappa shape index (κ1) is 11.2. The highest BCUT2D eigenvalue weighted by Gasteiger charge is 2.43. The van der Waals surface area contributed by atoms with Gasteiger partial charge in [-0.3, -0.25) is 9.59 Å². The van der Waals surface area contributed by atoms with E-state index in [-0.39, 0.29) is 11.8 Å². The van der Waals surface area contributed by atoms with E-state index in [9.17, 15) is 9.59 Å². The minimum absolute atomic E-state index is 0.0335. The zero-order valence-electron chi connectivity index (χ0n) is 9.32. The Morgan fingerprint density at radius 2 is 1.75 bits per heavy atom. The summed E-state index contributed by atoms with van der Waals surface area (Å²) in [6.45, 7) is 5.32. The van der Waals surface area contributed by atoms with Crippen LogP contribution in [0, 0.1) is 11.8 Å². The van der Waals surface area contributed by atoms with E-state index in [0.717, 1.165) is 19.3 Å². The minimum Gasteiger partial charge on any atom is -0.481 e. The van der Waals surface area contributed by atoms with Crippen molar-refractivity contribution in [2.45, 2.75) is 25.7 Å². The molecule has 0 bridgehead atoms. The lowest BCUT2D eigenvalue weighted by Gasteiger charge is -2.38. The number of hydrogen-bond acceptors (Lipinski definition) is 2. The van der Waals surface area contributed by atoms with Gasteiger partial charge in [-0.15, -0.1) is 0 Å². The Morgan fingerprint density at radius 3 is 2.19 bits per heavy atom. The van der Waals surface area contributed by atoms with E-state index >= 15 is 0 Å². The molecule has 0 aromatic carbocycles. The molecule has 2 aliphatic rings. The smallest absolute Gasteiger partial charge is 0.307 e. The van der Waals surface area contributed by atoms with E-state index in [4.69, 9.17) is 5.11 Å². The lowest BCUT2D eigenvalue weighted by Crippen LogP contribution is -2.47. The average Bonchev–Trinajstić information content (AvgIpc) is 2.15. The monoisotopic (exact) mass is 223 g/mol. The largest absolute Gasteiger partial charge is 0.481 e. The third-order valence-electron chi connectivity index (χ3n) is 3.69. The topological polar surface area (TPSA) is 57.6 Å². The summed E-state index contributed by atoms with van der Waals surface area (Å²) in [5.74, 6) is -1.52. The summed E-state index contributed by atoms with van der Waals surface area (Å²) in [5.41, 5.74) is 1.19. The van der Waals surface area contributed by atoms with Gasteiger partial charge in [-0.1, -0.05) is 12.2 Å². The number of likely N-dealkylation sites (tertiary alicyclic amines) is 1. The molecule has 16 heavy (non-hydrogen) atoms. The molecule has 2 atom stereocenters. The van der Waals surface area contributed by atoms with Gasteiger partial charge in [0.15, 0.2) is 0 Å². The van der Waals surface area contributed by atoms with Crippen molar-refractivity contribution in [3.8, 4) is 0 Å². The molecule has 1 aliphatic carbocycles. The second-order valence-electron chi connectivity index (χ2n) is 4.70. The fourth-order valence-electron chi connectivity index (χ4n) is 2.37. The summed E-state index contributed by atoms with van der Waals surface area (Å²) in [6.07, 6.45) is 3.09. The molecule has 2 unspecified atom stereocenters. The molecule has 0 spiro atoms. The van der Waals surface area contributed by atoms with E-state index in [1.807, 2.05) is 0 Å². The number of amides is 1. The predicted octanol–water partition coefficient (Wildman–Crippen LogP) is 1.28. The summed E-state index contributed by atoms with van der Waals surface area (Å²) in [4.78, 5) is 24.7. The lowest BCUT2D eigenvalue weighted by atomic mass is 9.72. The molecule has 88 valence electrons. The second-order valence-corrected chi connectivity index (χ2v) is 4.70. The normalized spacial score (nSPS) is 29.8. The average molecular weight is 223 g/mol. The minimum atomic E-state index is -0.828. The van der Waals surface area contributed by atoms with Crippen molar-refractivity contribution in [1.29, 1.82) is 0 Å². The van der Waals surface area contributed by atoms with Gasteiger partial charge in [0, 0.05) is 13.1 Å². The zero-order valence-corrected chi connectivity index (χ0v) is 9.32. The molecule has 0 radical (unpaired) electrons. The Morgan fingerprint density at radius 1 is 1.19 bits per heavy atom. The van der Waals surface area contributed by atoms with Crippen LogP contribution in [0.5, 0.6) is 0 Å². The van der Waals surface area contributed by atoms with E-state index < -0.39 is 11.9 Å². The first-order valence-electron chi connectivity index (χ1n) is 5.78. The van der Waals surface area contributed by atoms with Gasteiger partial charge in [-0.2, -0.15) is 0 Å². The molecule has 0 aromatic rings. The van der Waals surface area contributed by atoms with Crippen LogP contribution in [0.15, 0.2) is 12.2 Å². The van der Waals surface area contributed by atoms with Crippen LogP contribution < -0.4 is 0 Å². The Labute approximate surface area is 94.9 Å². The van der Waals surface area contributed by atoms with Crippen molar-refractivity contribution < 1.29 is 14.7 Å². The Kier molecular flexibility index (Phi) is 2.99. The number of carbonyl (C=O) groups is 2. The number of aliphatic carboxylic acids is 1. The number of carboxylic acid groups (broad SMARTS) is 1. The van der Waals surface area contributed by atoms with Crippen LogP contribution >= 0.6 is 0 Å². The summed E-state index contributed by atoms with van der Waals surface area (Å²) < 4.78 is 0. The molecule has 1 saturated heterocycles. The third-order valence-corrected chi connectivity index (χ3v) is 3.69. The Balaban J connectivity index is 1.93. The van der Waals surface area contributed by atoms with Gasteiger partial charge in [-0.05, 0) is 25.7 Å². The van der Waals surface area contributed by atoms with Gasteiger partial charge in [0.1, 0.15) is 0 Å². The van der Waals surface area contributed by atoms with Gasteiger partial charge >= 0.3 is 5.97 Å². The van der Waals surface area contributed by atoms with Gasteiger partial charge in [0.2, 0.25) is 5.91 Å². The number of rotatable bonds is 2. The van der Waals surface area contributed by atoms with Crippen LogP contribution in [0.3, 0.4) is 0 Å². The van der Waals surface area contributed by atoms with E-state index in [0.29, 0.717) is 19.5 Å². The van der Waals surface area contributed by atoms with Crippen LogP contribution in [-0.4, -0.2) is 35.0 Å². The van der Waals surface area contributed by atoms with Crippen molar-refractivity contribution >= 4 is 11.9 Å². The van der Waals surface area contributed by atoms with E-state index in [1.54, 1.807) is 4.90 Å². The van der Waals surface area contributed by atoms with E-state index in [1.165, 1.54) is 5.57 Å². The van der Waals surface area contributed by atoms with Crippen LogP contribution in [0.25, 0.3) is 0 Å². The molecule has 2 rings (SSSR count). The van der Waals surface area contributed by atoms with Crippen molar-refractivity contribution in [3.63, 3.8) is 0 Å². The molecule has 1 N–H and O–H groups in total. The summed E-state index contributed by atoms with van der Waals surface area (Å²) in [5, 5.41) is 8.91. The van der Waals surface area contributed by atoms with Crippen molar-refractivity contribution in [2.75, 3.05) is 13.1 Å². The molecule has 1 aliphatic heterocycles. The molecular weight excluding hydrogens is 206 g/mol. The summed E-state index contributed by atoms with van der Waals surface area (Å²) >= 11 is 0. The zero-order chi connectivity index (χ0) is 11.7. The van der Waals surface area contributed by atoms with Crippen LogP contribution in [-0.2, 0) is 9.59 Å². The summed E-state index contributed by atoms with van der Waals surface area (Å²) in [6, 6.07) is 0. The van der Waals surface area contributed by atoms with Crippen molar-refractivity contribution in [2.24, 2.45) is 11.8 Å². The van der Waals surface area contributed by atoms with Crippen molar-refractivity contribution in [1.82, 2.24) is 4.90 Å². The van der Waals surface area contributed by atoms with Crippen LogP contribution in [0.4, 0.5) is 0 Å². The molecule has 1 heterocycles. The summed E-state index contributed by atoms with van der Waals surface area (Å²) in [7, 11) is 0. The highest BCUT2D eigenvalue weighted by atomic mass is 16.4. The number of carbonyl (C=O) groups excluding carboxylic acids is 1. The first-order valence-corrected chi connectivity index (χ1v) is 5.78. The van der Waals surface area contributed by atoms with Gasteiger partial charge < -0.3 is 10.0 Å². The van der Waals surface area contributed by atoms with Crippen LogP contribution in [0.1, 0.15) is 25.7 Å². The van der Waals surface area contributed by atoms with E-state index in [2.05, 4.69) is 6.58 Å². The fourth-order valence-corrected chi connectivity index (χ4v) is 2.37. The lowest BCUT2D eigenvalue weighted by molar-refractivity contribution is -0.156. The SMILES string of the molecule is C=C1CCN(C(=O)C2CCC2C(=O)O)CC1. The molecule has 4 heteroatoms. The molecule has 1 amide bonds. The maximum atomic E-state index is 12.0. The quantitative estimate of drug-likeness (QED) is 0.717. The van der Waals surface area contributed by atoms with Crippen LogP contribution in [0.2, 0.25) is 0 Å². The standard InChI is InChI=1S/C12H17NO3/c1-8-4-6-13(7-5-8)11(14)9-2-3-10(9)12(15)16/h9-10H,1-7H2,(H,15,16).